The minimum atomic E-state index is 0.286. The molecule has 0 aromatic carbocycles. The molecule has 1 saturated carbocycles. The largest absolute Gasteiger partial charge is 0.369 e. The Balaban J connectivity index is 1.48. The minimum Gasteiger partial charge on any atom is -0.369 e. The standard InChI is InChI=1S/C18H31N5/c1-13-3-4-15(7-13)8-14(2)10-20-18-9-17(11-21-22-18)23-6-5-16(19)12-23/h9,11,13-16H,3-8,10,12,19H2,1-2H3,(H,20,22)/t13?,14?,15?,16-/m1/s1. The van der Waals surface area contributed by atoms with E-state index in [4.69, 9.17) is 5.73 Å². The zero-order chi connectivity index (χ0) is 16.2. The smallest absolute Gasteiger partial charge is 0.150 e. The Hall–Kier alpha value is -1.36. The zero-order valence-electron chi connectivity index (χ0n) is 14.5. The van der Waals surface area contributed by atoms with Crippen LogP contribution < -0.4 is 16.0 Å². The Morgan fingerprint density at radius 3 is 2.96 bits per heavy atom. The number of anilines is 2. The van der Waals surface area contributed by atoms with Crippen molar-refractivity contribution < 1.29 is 0 Å². The quantitative estimate of drug-likeness (QED) is 0.844. The van der Waals surface area contributed by atoms with Crippen molar-refractivity contribution in [2.45, 2.75) is 52.0 Å². The highest BCUT2D eigenvalue weighted by Gasteiger charge is 2.23. The van der Waals surface area contributed by atoms with Crippen LogP contribution in [0.3, 0.4) is 0 Å². The van der Waals surface area contributed by atoms with Crippen molar-refractivity contribution in [1.29, 1.82) is 0 Å². The molecule has 2 heterocycles. The van der Waals surface area contributed by atoms with Crippen molar-refractivity contribution >= 4 is 11.5 Å². The number of hydrogen-bond acceptors (Lipinski definition) is 5. The molecule has 3 N–H and O–H groups in total. The minimum absolute atomic E-state index is 0.286. The van der Waals surface area contributed by atoms with Gasteiger partial charge in [0, 0.05) is 31.7 Å². The van der Waals surface area contributed by atoms with Crippen LogP contribution >= 0.6 is 0 Å². The van der Waals surface area contributed by atoms with Crippen molar-refractivity contribution in [3.05, 3.63) is 12.3 Å². The van der Waals surface area contributed by atoms with Gasteiger partial charge in [-0.15, -0.1) is 5.10 Å². The lowest BCUT2D eigenvalue weighted by Crippen LogP contribution is -2.26. The van der Waals surface area contributed by atoms with Crippen LogP contribution in [0, 0.1) is 17.8 Å². The Kier molecular flexibility index (Phi) is 5.36. The molecule has 2 aliphatic rings. The first-order valence-corrected chi connectivity index (χ1v) is 9.17. The maximum absolute atomic E-state index is 5.99. The first-order valence-electron chi connectivity index (χ1n) is 9.17. The van der Waals surface area contributed by atoms with Crippen LogP contribution in [0.4, 0.5) is 11.5 Å². The van der Waals surface area contributed by atoms with Crippen LogP contribution in [0.2, 0.25) is 0 Å². The second-order valence-electron chi connectivity index (χ2n) is 7.80. The van der Waals surface area contributed by atoms with E-state index in [2.05, 4.69) is 40.3 Å². The number of nitrogens with zero attached hydrogens (tertiary/aromatic N) is 3. The van der Waals surface area contributed by atoms with Gasteiger partial charge < -0.3 is 16.0 Å². The van der Waals surface area contributed by atoms with Crippen LogP contribution in [0.15, 0.2) is 12.3 Å². The summed E-state index contributed by atoms with van der Waals surface area (Å²) in [6, 6.07) is 2.39. The van der Waals surface area contributed by atoms with E-state index in [1.807, 2.05) is 6.20 Å². The number of aromatic nitrogens is 2. The van der Waals surface area contributed by atoms with Gasteiger partial charge in [-0.25, -0.2) is 0 Å². The normalized spacial score (nSPS) is 29.0. The van der Waals surface area contributed by atoms with E-state index >= 15 is 0 Å². The molecule has 1 saturated heterocycles. The Labute approximate surface area is 140 Å². The SMILES string of the molecule is CC1CCC(CC(C)CNc2cc(N3CC[C@@H](N)C3)cnn2)C1. The molecule has 0 bridgehead atoms. The Bertz CT molecular complexity index is 506. The second kappa shape index (κ2) is 7.47. The van der Waals surface area contributed by atoms with E-state index < -0.39 is 0 Å². The van der Waals surface area contributed by atoms with Crippen molar-refractivity contribution in [1.82, 2.24) is 10.2 Å². The molecular weight excluding hydrogens is 286 g/mol. The van der Waals surface area contributed by atoms with Gasteiger partial charge in [0.15, 0.2) is 5.82 Å². The first kappa shape index (κ1) is 16.5. The van der Waals surface area contributed by atoms with Crippen molar-refractivity contribution in [3.63, 3.8) is 0 Å². The van der Waals surface area contributed by atoms with E-state index in [-0.39, 0.29) is 6.04 Å². The van der Waals surface area contributed by atoms with Crippen LogP contribution in [0.25, 0.3) is 0 Å². The van der Waals surface area contributed by atoms with Gasteiger partial charge in [-0.3, -0.25) is 0 Å². The van der Waals surface area contributed by atoms with E-state index in [1.165, 1.54) is 25.7 Å². The average molecular weight is 317 g/mol. The van der Waals surface area contributed by atoms with Crippen molar-refractivity contribution in [2.24, 2.45) is 23.5 Å². The second-order valence-corrected chi connectivity index (χ2v) is 7.80. The third-order valence-corrected chi connectivity index (χ3v) is 5.40. The first-order chi connectivity index (χ1) is 11.1. The fraction of sp³-hybridized carbons (Fsp3) is 0.778. The van der Waals surface area contributed by atoms with Crippen LogP contribution in [0.5, 0.6) is 0 Å². The predicted molar refractivity (Wildman–Crippen MR) is 95.6 cm³/mol. The van der Waals surface area contributed by atoms with E-state index in [1.54, 1.807) is 0 Å². The molecular formula is C18H31N5. The third-order valence-electron chi connectivity index (χ3n) is 5.40. The van der Waals surface area contributed by atoms with E-state index in [0.717, 1.165) is 49.4 Å². The molecule has 0 radical (unpaired) electrons. The van der Waals surface area contributed by atoms with E-state index in [9.17, 15) is 0 Å². The summed E-state index contributed by atoms with van der Waals surface area (Å²) >= 11 is 0. The van der Waals surface area contributed by atoms with Crippen molar-refractivity contribution in [2.75, 3.05) is 29.9 Å². The highest BCUT2D eigenvalue weighted by molar-refractivity contribution is 5.52. The summed E-state index contributed by atoms with van der Waals surface area (Å²) in [6.07, 6.45) is 8.46. The molecule has 5 heteroatoms. The van der Waals surface area contributed by atoms with Crippen LogP contribution in [-0.4, -0.2) is 35.9 Å². The summed E-state index contributed by atoms with van der Waals surface area (Å²) in [5.74, 6) is 3.41. The number of nitrogens with two attached hydrogens (primary N) is 1. The van der Waals surface area contributed by atoms with Gasteiger partial charge in [0.2, 0.25) is 0 Å². The monoisotopic (exact) mass is 317 g/mol. The summed E-state index contributed by atoms with van der Waals surface area (Å²) in [6.45, 7) is 7.63. The molecule has 3 rings (SSSR count). The lowest BCUT2D eigenvalue weighted by Gasteiger charge is -2.19. The Morgan fingerprint density at radius 1 is 1.39 bits per heavy atom. The van der Waals surface area contributed by atoms with E-state index in [0.29, 0.717) is 5.92 Å². The molecule has 23 heavy (non-hydrogen) atoms. The molecule has 1 aliphatic heterocycles. The summed E-state index contributed by atoms with van der Waals surface area (Å²) < 4.78 is 0. The molecule has 0 spiro atoms. The molecule has 2 fully saturated rings. The molecule has 1 aromatic heterocycles. The van der Waals surface area contributed by atoms with Gasteiger partial charge in [-0.2, -0.15) is 5.10 Å². The third kappa shape index (κ3) is 4.56. The number of nitrogens with one attached hydrogen (secondary N) is 1. The molecule has 1 aromatic rings. The summed E-state index contributed by atoms with van der Waals surface area (Å²) in [7, 11) is 0. The zero-order valence-corrected chi connectivity index (χ0v) is 14.5. The maximum atomic E-state index is 5.99. The van der Waals surface area contributed by atoms with Crippen LogP contribution in [0.1, 0.15) is 46.0 Å². The lowest BCUT2D eigenvalue weighted by molar-refractivity contribution is 0.399. The van der Waals surface area contributed by atoms with Gasteiger partial charge in [0.05, 0.1) is 11.9 Å². The fourth-order valence-corrected chi connectivity index (χ4v) is 4.11. The molecule has 128 valence electrons. The lowest BCUT2D eigenvalue weighted by atomic mass is 9.94. The molecule has 1 aliphatic carbocycles. The topological polar surface area (TPSA) is 67.1 Å². The van der Waals surface area contributed by atoms with Gasteiger partial charge >= 0.3 is 0 Å². The number of hydrogen-bond donors (Lipinski definition) is 2. The fourth-order valence-electron chi connectivity index (χ4n) is 4.11. The predicted octanol–water partition coefficient (Wildman–Crippen LogP) is 2.89. The average Bonchev–Trinajstić information content (AvgIpc) is 3.14. The maximum Gasteiger partial charge on any atom is 0.150 e. The highest BCUT2D eigenvalue weighted by atomic mass is 15.2. The van der Waals surface area contributed by atoms with Gasteiger partial charge in [-0.05, 0) is 37.0 Å². The molecule has 5 nitrogen and oxygen atoms in total. The van der Waals surface area contributed by atoms with Crippen molar-refractivity contribution in [3.8, 4) is 0 Å². The molecule has 0 amide bonds. The summed E-state index contributed by atoms with van der Waals surface area (Å²) in [4.78, 5) is 2.30. The van der Waals surface area contributed by atoms with Gasteiger partial charge in [0.25, 0.3) is 0 Å². The summed E-state index contributed by atoms with van der Waals surface area (Å²) in [5.41, 5.74) is 7.13. The Morgan fingerprint density at radius 2 is 2.26 bits per heavy atom. The van der Waals surface area contributed by atoms with Crippen LogP contribution in [-0.2, 0) is 0 Å². The molecule has 3 unspecified atom stereocenters. The van der Waals surface area contributed by atoms with Gasteiger partial charge in [-0.1, -0.05) is 26.7 Å². The van der Waals surface area contributed by atoms with Gasteiger partial charge in [0.1, 0.15) is 0 Å². The summed E-state index contributed by atoms with van der Waals surface area (Å²) in [5, 5.41) is 11.9. The number of rotatable bonds is 6. The molecule has 4 atom stereocenters. The highest BCUT2D eigenvalue weighted by Crippen LogP contribution is 2.34.